The Morgan fingerprint density at radius 3 is 1.23 bits per heavy atom. The molecule has 2 N–H and O–H groups in total. The highest BCUT2D eigenvalue weighted by Gasteiger charge is 1.93. The van der Waals surface area contributed by atoms with Gasteiger partial charge in [0, 0.05) is 12.2 Å². The van der Waals surface area contributed by atoms with Crippen molar-refractivity contribution in [2.75, 3.05) is 0 Å². The molecule has 0 aromatic rings. The van der Waals surface area contributed by atoms with Crippen LogP contribution in [0.15, 0.2) is 24.8 Å². The third kappa shape index (κ3) is 30.3. The first kappa shape index (κ1) is 26.6. The van der Waals surface area contributed by atoms with Crippen LogP contribution < -0.4 is 0 Å². The minimum atomic E-state index is -1.26. The van der Waals surface area contributed by atoms with Crippen molar-refractivity contribution >= 4 is 11.9 Å². The highest BCUT2D eigenvalue weighted by Crippen LogP contribution is 2.13. The van der Waals surface area contributed by atoms with Gasteiger partial charge in [-0.3, -0.25) is 0 Å². The van der Waals surface area contributed by atoms with Crippen molar-refractivity contribution in [3.8, 4) is 0 Å². The van der Waals surface area contributed by atoms with E-state index >= 15 is 0 Å². The lowest BCUT2D eigenvalue weighted by atomic mass is 10.0. The molecule has 0 saturated carbocycles. The zero-order valence-corrected chi connectivity index (χ0v) is 16.8. The van der Waals surface area contributed by atoms with Gasteiger partial charge in [0.15, 0.2) is 0 Å². The topological polar surface area (TPSA) is 74.6 Å². The Kier molecular flexibility index (Phi) is 24.0. The van der Waals surface area contributed by atoms with Crippen molar-refractivity contribution in [3.63, 3.8) is 0 Å². The van der Waals surface area contributed by atoms with Crippen molar-refractivity contribution in [3.05, 3.63) is 24.8 Å². The van der Waals surface area contributed by atoms with Gasteiger partial charge < -0.3 is 10.2 Å². The van der Waals surface area contributed by atoms with Gasteiger partial charge in [-0.15, -0.1) is 6.58 Å². The van der Waals surface area contributed by atoms with Gasteiger partial charge in [-0.2, -0.15) is 0 Å². The predicted octanol–water partition coefficient (Wildman–Crippen LogP) is 6.76. The zero-order valence-electron chi connectivity index (χ0n) is 16.8. The molecule has 0 rings (SSSR count). The van der Waals surface area contributed by atoms with Crippen LogP contribution in [-0.4, -0.2) is 22.2 Å². The third-order valence-electron chi connectivity index (χ3n) is 4.13. The van der Waals surface area contributed by atoms with E-state index in [-0.39, 0.29) is 0 Å². The summed E-state index contributed by atoms with van der Waals surface area (Å²) in [6, 6.07) is 0. The van der Waals surface area contributed by atoms with Gasteiger partial charge in [0.05, 0.1) is 0 Å². The van der Waals surface area contributed by atoms with E-state index in [1.165, 1.54) is 96.3 Å². The molecule has 0 saturated heterocycles. The smallest absolute Gasteiger partial charge is 0.328 e. The highest BCUT2D eigenvalue weighted by atomic mass is 16.4. The van der Waals surface area contributed by atoms with Gasteiger partial charge in [0.25, 0.3) is 0 Å². The van der Waals surface area contributed by atoms with E-state index in [9.17, 15) is 9.59 Å². The molecule has 0 fully saturated rings. The molecule has 4 heteroatoms. The van der Waals surface area contributed by atoms with Crippen molar-refractivity contribution in [1.29, 1.82) is 0 Å². The molecule has 0 aliphatic rings. The Labute approximate surface area is 160 Å². The summed E-state index contributed by atoms with van der Waals surface area (Å²) in [4.78, 5) is 19.1. The highest BCUT2D eigenvalue weighted by molar-refractivity contribution is 5.89. The van der Waals surface area contributed by atoms with E-state index in [1.807, 2.05) is 6.08 Å². The molecular formula is C22H40O4. The minimum absolute atomic E-state index is 0.558. The number of aliphatic carboxylic acids is 2. The molecule has 26 heavy (non-hydrogen) atoms. The minimum Gasteiger partial charge on any atom is -0.478 e. The van der Waals surface area contributed by atoms with Gasteiger partial charge in [-0.05, 0) is 12.8 Å². The maximum atomic E-state index is 9.55. The third-order valence-corrected chi connectivity index (χ3v) is 4.13. The summed E-state index contributed by atoms with van der Waals surface area (Å²) in [7, 11) is 0. The Balaban J connectivity index is 0. The van der Waals surface area contributed by atoms with Crippen molar-refractivity contribution < 1.29 is 19.8 Å². The Morgan fingerprint density at radius 2 is 0.962 bits per heavy atom. The number of carboxylic acids is 2. The molecule has 0 aromatic carbocycles. The van der Waals surface area contributed by atoms with Crippen LogP contribution in [0.4, 0.5) is 0 Å². The number of carboxylic acid groups (broad SMARTS) is 2. The Morgan fingerprint density at radius 1 is 0.654 bits per heavy atom. The Bertz CT molecular complexity index is 345. The van der Waals surface area contributed by atoms with E-state index in [0.29, 0.717) is 12.2 Å². The van der Waals surface area contributed by atoms with Crippen molar-refractivity contribution in [1.82, 2.24) is 0 Å². The summed E-state index contributed by atoms with van der Waals surface area (Å²) in [6.45, 7) is 6.05. The van der Waals surface area contributed by atoms with Crippen LogP contribution >= 0.6 is 0 Å². The molecule has 0 aromatic heterocycles. The molecule has 0 spiro atoms. The fraction of sp³-hybridized carbons (Fsp3) is 0.727. The second kappa shape index (κ2) is 23.4. The predicted molar refractivity (Wildman–Crippen MR) is 110 cm³/mol. The standard InChI is InChI=1S/C18H36.C4H4O4/c1-3-5-7-9-11-13-15-17-18-16-14-12-10-8-6-4-2;5-3(6)1-2-4(7)8/h3H,1,4-18H2,2H3;1-2H,(H,5,6)(H,7,8)/b;2-1-. The van der Waals surface area contributed by atoms with Gasteiger partial charge in [0.2, 0.25) is 0 Å². The lowest BCUT2D eigenvalue weighted by Gasteiger charge is -2.02. The normalized spacial score (nSPS) is 10.3. The summed E-state index contributed by atoms with van der Waals surface area (Å²) >= 11 is 0. The quantitative estimate of drug-likeness (QED) is 0.169. The monoisotopic (exact) mass is 368 g/mol. The summed E-state index contributed by atoms with van der Waals surface area (Å²) < 4.78 is 0. The summed E-state index contributed by atoms with van der Waals surface area (Å²) in [5.74, 6) is -2.51. The van der Waals surface area contributed by atoms with E-state index in [4.69, 9.17) is 10.2 Å². The van der Waals surface area contributed by atoms with E-state index in [0.717, 1.165) is 0 Å². The number of allylic oxidation sites excluding steroid dienone is 1. The molecule has 4 nitrogen and oxygen atoms in total. The first-order valence-corrected chi connectivity index (χ1v) is 10.3. The molecule has 0 radical (unpaired) electrons. The largest absolute Gasteiger partial charge is 0.478 e. The molecule has 0 aliphatic heterocycles. The van der Waals surface area contributed by atoms with Crippen LogP contribution in [0.25, 0.3) is 0 Å². The van der Waals surface area contributed by atoms with Crippen LogP contribution in [-0.2, 0) is 9.59 Å². The van der Waals surface area contributed by atoms with Crippen LogP contribution in [0.5, 0.6) is 0 Å². The number of unbranched alkanes of at least 4 members (excludes halogenated alkanes) is 14. The summed E-state index contributed by atoms with van der Waals surface area (Å²) in [6.07, 6.45) is 24.6. The van der Waals surface area contributed by atoms with Crippen molar-refractivity contribution in [2.24, 2.45) is 0 Å². The fourth-order valence-corrected chi connectivity index (χ4v) is 2.63. The molecule has 0 atom stereocenters. The van der Waals surface area contributed by atoms with Gasteiger partial charge in [0.1, 0.15) is 0 Å². The SMILES string of the molecule is C=CCCCCCCCCCCCCCCCC.O=C(O)/C=C\C(=O)O. The van der Waals surface area contributed by atoms with Crippen LogP contribution in [0.3, 0.4) is 0 Å². The average molecular weight is 369 g/mol. The zero-order chi connectivity index (χ0) is 19.9. The van der Waals surface area contributed by atoms with Crippen LogP contribution in [0, 0.1) is 0 Å². The number of rotatable bonds is 17. The first-order valence-electron chi connectivity index (χ1n) is 10.3. The van der Waals surface area contributed by atoms with Gasteiger partial charge >= 0.3 is 11.9 Å². The van der Waals surface area contributed by atoms with Gasteiger partial charge in [-0.1, -0.05) is 96.5 Å². The second-order valence-electron chi connectivity index (χ2n) is 6.68. The summed E-state index contributed by atoms with van der Waals surface area (Å²) in [5, 5.41) is 15.6. The summed E-state index contributed by atoms with van der Waals surface area (Å²) in [5.41, 5.74) is 0. The lowest BCUT2D eigenvalue weighted by Crippen LogP contribution is -1.91. The molecule has 0 heterocycles. The molecular weight excluding hydrogens is 328 g/mol. The van der Waals surface area contributed by atoms with Gasteiger partial charge in [-0.25, -0.2) is 9.59 Å². The van der Waals surface area contributed by atoms with Crippen molar-refractivity contribution in [2.45, 2.75) is 103 Å². The number of carbonyl (C=O) groups is 2. The fourth-order valence-electron chi connectivity index (χ4n) is 2.63. The van der Waals surface area contributed by atoms with E-state index in [1.54, 1.807) is 0 Å². The van der Waals surface area contributed by atoms with Crippen LogP contribution in [0.2, 0.25) is 0 Å². The molecule has 152 valence electrons. The number of hydrogen-bond donors (Lipinski definition) is 2. The molecule has 0 aliphatic carbocycles. The Hall–Kier alpha value is -1.58. The molecule has 0 amide bonds. The maximum Gasteiger partial charge on any atom is 0.328 e. The van der Waals surface area contributed by atoms with E-state index < -0.39 is 11.9 Å². The average Bonchev–Trinajstić information content (AvgIpc) is 2.61. The number of hydrogen-bond acceptors (Lipinski definition) is 2. The second-order valence-corrected chi connectivity index (χ2v) is 6.68. The lowest BCUT2D eigenvalue weighted by molar-refractivity contribution is -0.134. The van der Waals surface area contributed by atoms with E-state index in [2.05, 4.69) is 13.5 Å². The van der Waals surface area contributed by atoms with Crippen LogP contribution in [0.1, 0.15) is 103 Å². The maximum absolute atomic E-state index is 9.55. The molecule has 0 unspecified atom stereocenters. The first-order chi connectivity index (χ1) is 12.5. The molecule has 0 bridgehead atoms.